The van der Waals surface area contributed by atoms with Crippen LogP contribution in [-0.2, 0) is 29.1 Å². The van der Waals surface area contributed by atoms with E-state index in [2.05, 4.69) is 10.3 Å². The molecule has 6 rings (SSSR count). The fourth-order valence-electron chi connectivity index (χ4n) is 6.33. The monoisotopic (exact) mass is 657 g/mol. The highest BCUT2D eigenvalue weighted by Gasteiger charge is 2.52. The molecule has 2 aliphatic heterocycles. The number of thiazole rings is 1. The van der Waals surface area contributed by atoms with Crippen molar-refractivity contribution in [3.63, 3.8) is 0 Å². The highest BCUT2D eigenvalue weighted by Crippen LogP contribution is 2.33. The predicted molar refractivity (Wildman–Crippen MR) is 179 cm³/mol. The van der Waals surface area contributed by atoms with E-state index in [1.807, 2.05) is 74.5 Å². The topological polar surface area (TPSA) is 145 Å². The number of anilines is 1. The van der Waals surface area contributed by atoms with Gasteiger partial charge in [-0.2, -0.15) is 5.01 Å². The van der Waals surface area contributed by atoms with Gasteiger partial charge in [0.1, 0.15) is 24.6 Å². The average Bonchev–Trinajstić information content (AvgIpc) is 3.60. The Balaban J connectivity index is 1.31. The average molecular weight is 658 g/mol. The van der Waals surface area contributed by atoms with E-state index in [-0.39, 0.29) is 63.2 Å². The molecule has 0 radical (unpaired) electrons. The van der Waals surface area contributed by atoms with Crippen LogP contribution >= 0.6 is 11.3 Å². The molecule has 12 nitrogen and oxygen atoms in total. The molecule has 2 aliphatic rings. The van der Waals surface area contributed by atoms with Crippen LogP contribution in [0.5, 0.6) is 5.75 Å². The molecule has 4 aromatic rings. The normalized spacial score (nSPS) is 18.2. The summed E-state index contributed by atoms with van der Waals surface area (Å²) in [6.45, 7) is 4.69. The Labute approximate surface area is 277 Å². The zero-order valence-corrected chi connectivity index (χ0v) is 27.2. The molecular formula is C34H39N7O5S. The number of carbonyl (C=O) groups excluding carboxylic acids is 3. The second kappa shape index (κ2) is 14.0. The van der Waals surface area contributed by atoms with Crippen LogP contribution in [0, 0.1) is 0 Å². The number of urea groups is 1. The molecule has 0 aliphatic carbocycles. The molecule has 13 heteroatoms. The summed E-state index contributed by atoms with van der Waals surface area (Å²) in [5.74, 6) is 0.207. The second-order valence-corrected chi connectivity index (χ2v) is 13.0. The number of amides is 4. The first-order valence-electron chi connectivity index (χ1n) is 15.7. The molecular weight excluding hydrogens is 618 g/mol. The van der Waals surface area contributed by atoms with Crippen LogP contribution in [0.25, 0.3) is 10.2 Å². The van der Waals surface area contributed by atoms with Gasteiger partial charge in [-0.05, 0) is 48.7 Å². The van der Waals surface area contributed by atoms with Crippen molar-refractivity contribution in [2.75, 3.05) is 32.0 Å². The highest BCUT2D eigenvalue weighted by molar-refractivity contribution is 7.22. The SMILES string of the molecule is CC(C)N(C(=O)NCc1ccccc1)N1CC(=O)N2[C@@H](Cc3ccc(OCCO)cc3)C(=O)N(Cc3cccc4sc(N)nc34)C[C@@H]21. The van der Waals surface area contributed by atoms with Gasteiger partial charge in [-0.15, -0.1) is 0 Å². The molecule has 0 bridgehead atoms. The zero-order chi connectivity index (χ0) is 33.1. The Bertz CT molecular complexity index is 1730. The third-order valence-electron chi connectivity index (χ3n) is 8.42. The molecule has 3 aromatic carbocycles. The van der Waals surface area contributed by atoms with Gasteiger partial charge in [0, 0.05) is 25.6 Å². The van der Waals surface area contributed by atoms with Gasteiger partial charge in [0.25, 0.3) is 0 Å². The van der Waals surface area contributed by atoms with Crippen molar-refractivity contribution >= 4 is 44.5 Å². The number of hydrogen-bond acceptors (Lipinski definition) is 9. The lowest BCUT2D eigenvalue weighted by molar-refractivity contribution is -0.158. The van der Waals surface area contributed by atoms with Crippen molar-refractivity contribution in [1.29, 1.82) is 0 Å². The summed E-state index contributed by atoms with van der Waals surface area (Å²) in [5, 5.41) is 16.0. The van der Waals surface area contributed by atoms with Crippen molar-refractivity contribution < 1.29 is 24.2 Å². The Kier molecular flexibility index (Phi) is 9.57. The number of nitrogens with zero attached hydrogens (tertiary/aromatic N) is 5. The summed E-state index contributed by atoms with van der Waals surface area (Å²) in [6, 6.07) is 21.4. The van der Waals surface area contributed by atoms with E-state index in [1.165, 1.54) is 11.3 Å². The minimum Gasteiger partial charge on any atom is -0.491 e. The molecule has 2 fully saturated rings. The molecule has 2 atom stereocenters. The molecule has 2 saturated heterocycles. The first-order chi connectivity index (χ1) is 22.7. The fraction of sp³-hybridized carbons (Fsp3) is 0.353. The number of aliphatic hydroxyl groups excluding tert-OH is 1. The molecule has 246 valence electrons. The minimum atomic E-state index is -0.795. The van der Waals surface area contributed by atoms with Crippen LogP contribution in [0.1, 0.15) is 30.5 Å². The van der Waals surface area contributed by atoms with Gasteiger partial charge in [-0.1, -0.05) is 65.9 Å². The third kappa shape index (κ3) is 6.87. The number of hydrazine groups is 1. The van der Waals surface area contributed by atoms with Crippen LogP contribution in [0.2, 0.25) is 0 Å². The lowest BCUT2D eigenvalue weighted by Gasteiger charge is -2.47. The molecule has 1 aromatic heterocycles. The smallest absolute Gasteiger partial charge is 0.332 e. The maximum Gasteiger partial charge on any atom is 0.332 e. The summed E-state index contributed by atoms with van der Waals surface area (Å²) in [5.41, 5.74) is 9.46. The van der Waals surface area contributed by atoms with E-state index in [4.69, 9.17) is 15.6 Å². The Morgan fingerprint density at radius 2 is 1.85 bits per heavy atom. The van der Waals surface area contributed by atoms with Gasteiger partial charge in [0.05, 0.1) is 29.9 Å². The lowest BCUT2D eigenvalue weighted by atomic mass is 9.99. The van der Waals surface area contributed by atoms with Gasteiger partial charge >= 0.3 is 6.03 Å². The summed E-state index contributed by atoms with van der Waals surface area (Å²) in [7, 11) is 0. The number of rotatable bonds is 11. The molecule has 47 heavy (non-hydrogen) atoms. The van der Waals surface area contributed by atoms with Crippen LogP contribution in [0.15, 0.2) is 72.8 Å². The van der Waals surface area contributed by atoms with Crippen molar-refractivity contribution in [3.8, 4) is 5.75 Å². The van der Waals surface area contributed by atoms with Crippen LogP contribution in [0.4, 0.5) is 9.93 Å². The van der Waals surface area contributed by atoms with E-state index in [0.717, 1.165) is 26.9 Å². The number of benzene rings is 3. The number of piperazine rings is 1. The van der Waals surface area contributed by atoms with Crippen LogP contribution in [-0.4, -0.2) is 92.3 Å². The largest absolute Gasteiger partial charge is 0.491 e. The molecule has 3 heterocycles. The van der Waals surface area contributed by atoms with Crippen molar-refractivity contribution in [3.05, 3.63) is 89.5 Å². The highest BCUT2D eigenvalue weighted by atomic mass is 32.1. The first-order valence-corrected chi connectivity index (χ1v) is 16.5. The standard InChI is InChI=1S/C34H39N7O5S/c1-22(2)41(34(45)36-18-24-7-4-3-5-8-24)39-21-30(43)40-27(17-23-11-13-26(14-12-23)46-16-15-42)32(44)38(20-29(39)40)19-25-9-6-10-28-31(25)37-33(35)47-28/h3-14,22,27,29,42H,15-21H2,1-2H3,(H2,35,37)(H,36,45)/t27-,29+/m0/s1. The lowest BCUT2D eigenvalue weighted by Crippen LogP contribution is -2.66. The number of fused-ring (bicyclic) bond motifs is 2. The van der Waals surface area contributed by atoms with E-state index in [0.29, 0.717) is 17.4 Å². The van der Waals surface area contributed by atoms with Crippen molar-refractivity contribution in [2.24, 2.45) is 0 Å². The predicted octanol–water partition coefficient (Wildman–Crippen LogP) is 3.21. The first kappa shape index (κ1) is 32.2. The Hall–Kier alpha value is -4.72. The van der Waals surface area contributed by atoms with E-state index in [9.17, 15) is 14.4 Å². The number of aromatic nitrogens is 1. The maximum absolute atomic E-state index is 14.3. The number of nitrogens with one attached hydrogen (secondary N) is 1. The Morgan fingerprint density at radius 3 is 2.57 bits per heavy atom. The number of ether oxygens (including phenoxy) is 1. The zero-order valence-electron chi connectivity index (χ0n) is 26.4. The van der Waals surface area contributed by atoms with Crippen LogP contribution < -0.4 is 15.8 Å². The summed E-state index contributed by atoms with van der Waals surface area (Å²) in [6.07, 6.45) is -0.288. The quantitative estimate of drug-likeness (QED) is 0.223. The van der Waals surface area contributed by atoms with Gasteiger partial charge in [0.15, 0.2) is 5.13 Å². The number of hydrogen-bond donors (Lipinski definition) is 3. The number of aliphatic hydroxyl groups is 1. The van der Waals surface area contributed by atoms with Crippen LogP contribution in [0.3, 0.4) is 0 Å². The number of nitrogen functional groups attached to an aromatic ring is 1. The fourth-order valence-corrected chi connectivity index (χ4v) is 7.11. The number of nitrogens with two attached hydrogens (primary N) is 1. The van der Waals surface area contributed by atoms with E-state index < -0.39 is 12.2 Å². The second-order valence-electron chi connectivity index (χ2n) is 11.9. The van der Waals surface area contributed by atoms with Crippen molar-refractivity contribution in [1.82, 2.24) is 30.1 Å². The third-order valence-corrected chi connectivity index (χ3v) is 9.27. The number of carbonyl (C=O) groups is 3. The van der Waals surface area contributed by atoms with Gasteiger partial charge in [-0.25, -0.2) is 9.78 Å². The Morgan fingerprint density at radius 1 is 1.09 bits per heavy atom. The van der Waals surface area contributed by atoms with E-state index in [1.54, 1.807) is 32.0 Å². The minimum absolute atomic E-state index is 0.0363. The molecule has 4 amide bonds. The summed E-state index contributed by atoms with van der Waals surface area (Å²) >= 11 is 1.39. The molecule has 0 spiro atoms. The molecule has 0 saturated carbocycles. The molecule has 4 N–H and O–H groups in total. The van der Waals surface area contributed by atoms with E-state index >= 15 is 0 Å². The summed E-state index contributed by atoms with van der Waals surface area (Å²) in [4.78, 5) is 49.7. The molecule has 0 unspecified atom stereocenters. The van der Waals surface area contributed by atoms with Gasteiger partial charge in [-0.3, -0.25) is 14.6 Å². The maximum atomic E-state index is 14.3. The van der Waals surface area contributed by atoms with Crippen molar-refractivity contribution in [2.45, 2.75) is 51.6 Å². The summed E-state index contributed by atoms with van der Waals surface area (Å²) < 4.78 is 6.44. The van der Waals surface area contributed by atoms with Gasteiger partial charge in [0.2, 0.25) is 11.8 Å². The number of para-hydroxylation sites is 1. The van der Waals surface area contributed by atoms with Gasteiger partial charge < -0.3 is 30.7 Å².